The molecule has 20 heavy (non-hydrogen) atoms. The van der Waals surface area contributed by atoms with Crippen LogP contribution in [-0.4, -0.2) is 23.1 Å². The Labute approximate surface area is 118 Å². The molecule has 1 N–H and O–H groups in total. The van der Waals surface area contributed by atoms with Gasteiger partial charge in [-0.25, -0.2) is 9.97 Å². The average Bonchev–Trinajstić information content (AvgIpc) is 2.54. The second-order valence-corrected chi connectivity index (χ2v) is 5.51. The molecule has 102 valence electrons. The van der Waals surface area contributed by atoms with Gasteiger partial charge in [-0.1, -0.05) is 24.3 Å². The summed E-state index contributed by atoms with van der Waals surface area (Å²) in [5.74, 6) is 0.877. The minimum atomic E-state index is 0.870. The van der Waals surface area contributed by atoms with E-state index < -0.39 is 0 Å². The van der Waals surface area contributed by atoms with E-state index in [1.165, 1.54) is 22.4 Å². The first-order chi connectivity index (χ1) is 9.90. The molecule has 0 radical (unpaired) electrons. The highest BCUT2D eigenvalue weighted by Gasteiger charge is 2.19. The van der Waals surface area contributed by atoms with Crippen molar-refractivity contribution in [3.63, 3.8) is 0 Å². The van der Waals surface area contributed by atoms with Crippen molar-refractivity contribution in [3.8, 4) is 0 Å². The Morgan fingerprint density at radius 3 is 2.90 bits per heavy atom. The van der Waals surface area contributed by atoms with Crippen molar-refractivity contribution >= 4 is 5.95 Å². The Morgan fingerprint density at radius 1 is 1.05 bits per heavy atom. The third kappa shape index (κ3) is 2.06. The Kier molecular flexibility index (Phi) is 2.89. The van der Waals surface area contributed by atoms with Crippen molar-refractivity contribution in [2.24, 2.45) is 0 Å². The van der Waals surface area contributed by atoms with E-state index in [4.69, 9.17) is 4.98 Å². The summed E-state index contributed by atoms with van der Waals surface area (Å²) in [4.78, 5) is 11.6. The van der Waals surface area contributed by atoms with Crippen LogP contribution >= 0.6 is 0 Å². The number of hydrogen-bond acceptors (Lipinski definition) is 4. The highest BCUT2D eigenvalue weighted by atomic mass is 15.3. The van der Waals surface area contributed by atoms with E-state index in [-0.39, 0.29) is 0 Å². The van der Waals surface area contributed by atoms with Gasteiger partial charge < -0.3 is 10.2 Å². The summed E-state index contributed by atoms with van der Waals surface area (Å²) in [6, 6.07) is 8.67. The molecule has 2 aliphatic heterocycles. The molecule has 0 unspecified atom stereocenters. The Bertz CT molecular complexity index is 638. The van der Waals surface area contributed by atoms with Crippen LogP contribution in [0, 0.1) is 0 Å². The van der Waals surface area contributed by atoms with E-state index in [9.17, 15) is 0 Å². The molecule has 0 fully saturated rings. The van der Waals surface area contributed by atoms with Crippen LogP contribution in [0.1, 0.15) is 22.4 Å². The van der Waals surface area contributed by atoms with Crippen LogP contribution in [0.5, 0.6) is 0 Å². The predicted octanol–water partition coefficient (Wildman–Crippen LogP) is 1.69. The van der Waals surface area contributed by atoms with E-state index >= 15 is 0 Å². The van der Waals surface area contributed by atoms with Crippen molar-refractivity contribution in [1.29, 1.82) is 0 Å². The molecule has 4 heteroatoms. The topological polar surface area (TPSA) is 41.1 Å². The van der Waals surface area contributed by atoms with Gasteiger partial charge in [-0.3, -0.25) is 0 Å². The number of fused-ring (bicyclic) bond motifs is 2. The van der Waals surface area contributed by atoms with Crippen molar-refractivity contribution < 1.29 is 0 Å². The van der Waals surface area contributed by atoms with E-state index in [0.29, 0.717) is 0 Å². The maximum Gasteiger partial charge on any atom is 0.225 e. The van der Waals surface area contributed by atoms with Crippen molar-refractivity contribution in [3.05, 3.63) is 52.8 Å². The monoisotopic (exact) mass is 266 g/mol. The summed E-state index contributed by atoms with van der Waals surface area (Å²) in [6.07, 6.45) is 4.13. The van der Waals surface area contributed by atoms with Gasteiger partial charge in [0, 0.05) is 25.8 Å². The third-order valence-electron chi connectivity index (χ3n) is 4.22. The van der Waals surface area contributed by atoms with Crippen LogP contribution in [0.2, 0.25) is 0 Å². The molecule has 1 aromatic heterocycles. The molecule has 0 aliphatic carbocycles. The van der Waals surface area contributed by atoms with Gasteiger partial charge in [0.25, 0.3) is 0 Å². The highest BCUT2D eigenvalue weighted by molar-refractivity contribution is 5.41. The number of anilines is 1. The zero-order valence-corrected chi connectivity index (χ0v) is 11.5. The summed E-state index contributed by atoms with van der Waals surface area (Å²) in [7, 11) is 0. The number of benzene rings is 1. The number of aromatic nitrogens is 2. The molecular formula is C16H18N4. The van der Waals surface area contributed by atoms with Crippen molar-refractivity contribution in [2.45, 2.75) is 25.9 Å². The first-order valence-corrected chi connectivity index (χ1v) is 7.27. The Balaban J connectivity index is 1.63. The largest absolute Gasteiger partial charge is 0.336 e. The van der Waals surface area contributed by atoms with Crippen molar-refractivity contribution in [1.82, 2.24) is 15.3 Å². The zero-order chi connectivity index (χ0) is 13.4. The fourth-order valence-electron chi connectivity index (χ4n) is 3.04. The molecule has 0 saturated carbocycles. The predicted molar refractivity (Wildman–Crippen MR) is 78.6 cm³/mol. The quantitative estimate of drug-likeness (QED) is 0.852. The second kappa shape index (κ2) is 4.87. The molecule has 4 nitrogen and oxygen atoms in total. The number of nitrogens with one attached hydrogen (secondary N) is 1. The molecule has 0 atom stereocenters. The van der Waals surface area contributed by atoms with Gasteiger partial charge in [-0.15, -0.1) is 0 Å². The van der Waals surface area contributed by atoms with Gasteiger partial charge in [-0.2, -0.15) is 0 Å². The second-order valence-electron chi connectivity index (χ2n) is 5.51. The van der Waals surface area contributed by atoms with Gasteiger partial charge >= 0.3 is 0 Å². The van der Waals surface area contributed by atoms with E-state index in [0.717, 1.165) is 45.0 Å². The Morgan fingerprint density at radius 2 is 1.95 bits per heavy atom. The van der Waals surface area contributed by atoms with Gasteiger partial charge in [0.15, 0.2) is 0 Å². The minimum absolute atomic E-state index is 0.870. The highest BCUT2D eigenvalue weighted by Crippen LogP contribution is 2.23. The summed E-state index contributed by atoms with van der Waals surface area (Å²) in [5.41, 5.74) is 5.33. The minimum Gasteiger partial charge on any atom is -0.336 e. The molecule has 2 aliphatic rings. The van der Waals surface area contributed by atoms with Gasteiger partial charge in [0.1, 0.15) is 0 Å². The standard InChI is InChI=1S/C16H18N4/c1-2-4-14-11-20(8-6-12(14)3-1)16-18-9-13-5-7-17-10-15(13)19-16/h1-4,9,17H,5-8,10-11H2. The summed E-state index contributed by atoms with van der Waals surface area (Å²) in [5, 5.41) is 3.38. The molecule has 1 aromatic carbocycles. The van der Waals surface area contributed by atoms with Crippen LogP contribution in [0.3, 0.4) is 0 Å². The SMILES string of the molecule is c1ccc2c(c1)CCN(c1ncc3c(n1)CNCC3)C2. The molecule has 0 bridgehead atoms. The molecule has 2 aromatic rings. The van der Waals surface area contributed by atoms with Crippen LogP contribution in [-0.2, 0) is 25.9 Å². The fourth-order valence-corrected chi connectivity index (χ4v) is 3.04. The number of rotatable bonds is 1. The lowest BCUT2D eigenvalue weighted by Gasteiger charge is -2.29. The normalized spacial score (nSPS) is 17.5. The van der Waals surface area contributed by atoms with Gasteiger partial charge in [0.2, 0.25) is 5.95 Å². The summed E-state index contributed by atoms with van der Waals surface area (Å²) in [6.45, 7) is 3.83. The van der Waals surface area contributed by atoms with E-state index in [1.54, 1.807) is 0 Å². The maximum absolute atomic E-state index is 4.76. The fraction of sp³-hybridized carbons (Fsp3) is 0.375. The third-order valence-corrected chi connectivity index (χ3v) is 4.22. The van der Waals surface area contributed by atoms with Crippen LogP contribution in [0.25, 0.3) is 0 Å². The molecule has 0 spiro atoms. The molecule has 3 heterocycles. The van der Waals surface area contributed by atoms with E-state index in [2.05, 4.69) is 39.5 Å². The molecular weight excluding hydrogens is 248 g/mol. The van der Waals surface area contributed by atoms with E-state index in [1.807, 2.05) is 6.20 Å². The summed E-state index contributed by atoms with van der Waals surface area (Å²) < 4.78 is 0. The molecule has 0 saturated heterocycles. The molecule has 0 amide bonds. The lowest BCUT2D eigenvalue weighted by molar-refractivity contribution is 0.616. The zero-order valence-electron chi connectivity index (χ0n) is 11.5. The number of hydrogen-bond donors (Lipinski definition) is 1. The smallest absolute Gasteiger partial charge is 0.225 e. The van der Waals surface area contributed by atoms with Gasteiger partial charge in [-0.05, 0) is 36.1 Å². The van der Waals surface area contributed by atoms with Crippen LogP contribution in [0.15, 0.2) is 30.5 Å². The average molecular weight is 266 g/mol. The van der Waals surface area contributed by atoms with Gasteiger partial charge in [0.05, 0.1) is 5.69 Å². The first-order valence-electron chi connectivity index (χ1n) is 7.27. The lowest BCUT2D eigenvalue weighted by Crippen LogP contribution is -2.33. The van der Waals surface area contributed by atoms with Crippen LogP contribution < -0.4 is 10.2 Å². The number of nitrogens with zero attached hydrogens (tertiary/aromatic N) is 3. The maximum atomic E-state index is 4.76. The molecule has 4 rings (SSSR count). The van der Waals surface area contributed by atoms with Crippen molar-refractivity contribution in [2.75, 3.05) is 18.0 Å². The van der Waals surface area contributed by atoms with Crippen LogP contribution in [0.4, 0.5) is 5.95 Å². The lowest BCUT2D eigenvalue weighted by atomic mass is 10.0. The first kappa shape index (κ1) is 11.9. The summed E-state index contributed by atoms with van der Waals surface area (Å²) >= 11 is 0. The Hall–Kier alpha value is -1.94.